The Hall–Kier alpha value is -3.57. The fourth-order valence-corrected chi connectivity index (χ4v) is 3.97. The summed E-state index contributed by atoms with van der Waals surface area (Å²) >= 11 is 0. The largest absolute Gasteiger partial charge is 0.478 e. The third-order valence-corrected chi connectivity index (χ3v) is 5.64. The highest BCUT2D eigenvalue weighted by molar-refractivity contribution is 6.15. The van der Waals surface area contributed by atoms with Crippen LogP contribution in [0.3, 0.4) is 0 Å². The molecule has 0 bridgehead atoms. The maximum atomic E-state index is 13.0. The van der Waals surface area contributed by atoms with E-state index < -0.39 is 0 Å². The second-order valence-corrected chi connectivity index (χ2v) is 8.09. The molecule has 0 spiro atoms. The zero-order valence-electron chi connectivity index (χ0n) is 17.7. The summed E-state index contributed by atoms with van der Waals surface area (Å²) < 4.78 is 12.1. The minimum Gasteiger partial charge on any atom is -0.478 e. The number of nitrogens with zero attached hydrogens (tertiary/aromatic N) is 2. The molecule has 0 amide bonds. The number of allylic oxidation sites excluding steroid dienone is 1. The molecule has 3 aromatic rings. The zero-order valence-corrected chi connectivity index (χ0v) is 17.7. The Balaban J connectivity index is 1.40. The molecule has 156 valence electrons. The Morgan fingerprint density at radius 2 is 1.77 bits per heavy atom. The van der Waals surface area contributed by atoms with Gasteiger partial charge in [-0.2, -0.15) is 0 Å². The van der Waals surface area contributed by atoms with Crippen molar-refractivity contribution >= 4 is 17.5 Å². The van der Waals surface area contributed by atoms with E-state index in [1.165, 1.54) is 5.56 Å². The first kappa shape index (κ1) is 19.4. The molecule has 0 saturated heterocycles. The molecule has 0 atom stereocenters. The molecule has 0 aromatic heterocycles. The highest BCUT2D eigenvalue weighted by Crippen LogP contribution is 2.42. The molecule has 2 aliphatic rings. The Labute approximate surface area is 182 Å². The summed E-state index contributed by atoms with van der Waals surface area (Å²) in [6.07, 6.45) is 1.81. The number of Topliss-reactive ketones (excluding diaryl/α,β-unsaturated/α-hetero) is 1. The van der Waals surface area contributed by atoms with Crippen molar-refractivity contribution in [2.45, 2.75) is 13.1 Å². The van der Waals surface area contributed by atoms with Gasteiger partial charge in [-0.05, 0) is 41.5 Å². The van der Waals surface area contributed by atoms with Gasteiger partial charge in [0.05, 0.1) is 11.1 Å². The smallest absolute Gasteiger partial charge is 0.231 e. The van der Waals surface area contributed by atoms with Crippen molar-refractivity contribution in [3.63, 3.8) is 0 Å². The van der Waals surface area contributed by atoms with Gasteiger partial charge in [0.1, 0.15) is 18.2 Å². The lowest BCUT2D eigenvalue weighted by Gasteiger charge is -2.29. The second-order valence-electron chi connectivity index (χ2n) is 8.09. The van der Waals surface area contributed by atoms with Gasteiger partial charge < -0.3 is 14.4 Å². The molecule has 5 rings (SSSR count). The maximum absolute atomic E-state index is 13.0. The molecule has 0 aliphatic carbocycles. The number of hydrogen-bond acceptors (Lipinski definition) is 5. The fraction of sp³-hybridized carbons (Fsp3) is 0.192. The van der Waals surface area contributed by atoms with Gasteiger partial charge in [-0.25, -0.2) is 0 Å². The first-order chi connectivity index (χ1) is 15.1. The highest BCUT2D eigenvalue weighted by atomic mass is 16.5. The summed E-state index contributed by atoms with van der Waals surface area (Å²) in [5, 5.41) is 0. The van der Waals surface area contributed by atoms with Gasteiger partial charge in [0, 0.05) is 32.9 Å². The monoisotopic (exact) mass is 412 g/mol. The molecule has 0 saturated carbocycles. The molecular weight excluding hydrogens is 388 g/mol. The summed E-state index contributed by atoms with van der Waals surface area (Å²) in [6, 6.07) is 22.0. The Bertz CT molecular complexity index is 1150. The van der Waals surface area contributed by atoms with Crippen LogP contribution in [0.25, 0.3) is 6.08 Å². The minimum absolute atomic E-state index is 0.0883. The molecule has 2 aliphatic heterocycles. The lowest BCUT2D eigenvalue weighted by molar-refractivity contribution is 0.0873. The van der Waals surface area contributed by atoms with Crippen LogP contribution >= 0.6 is 0 Å². The van der Waals surface area contributed by atoms with Gasteiger partial charge in [0.15, 0.2) is 5.76 Å². The third kappa shape index (κ3) is 3.80. The van der Waals surface area contributed by atoms with Crippen LogP contribution in [0.5, 0.6) is 11.5 Å². The van der Waals surface area contributed by atoms with E-state index >= 15 is 0 Å². The number of rotatable bonds is 4. The molecular formula is C26H24N2O3. The summed E-state index contributed by atoms with van der Waals surface area (Å²) in [4.78, 5) is 17.2. The Kier molecular flexibility index (Phi) is 4.96. The molecule has 31 heavy (non-hydrogen) atoms. The first-order valence-electron chi connectivity index (χ1n) is 10.3. The van der Waals surface area contributed by atoms with Crippen molar-refractivity contribution in [2.75, 3.05) is 25.7 Å². The van der Waals surface area contributed by atoms with Crippen LogP contribution in [0.4, 0.5) is 5.69 Å². The van der Waals surface area contributed by atoms with Crippen LogP contribution in [0.15, 0.2) is 72.5 Å². The number of anilines is 1. The van der Waals surface area contributed by atoms with E-state index in [-0.39, 0.29) is 5.78 Å². The van der Waals surface area contributed by atoms with E-state index in [4.69, 9.17) is 9.47 Å². The predicted molar refractivity (Wildman–Crippen MR) is 121 cm³/mol. The normalized spacial score (nSPS) is 16.5. The predicted octanol–water partition coefficient (Wildman–Crippen LogP) is 4.72. The molecule has 0 fully saturated rings. The number of carbonyl (C=O) groups excluding carboxylic acids is 1. The Morgan fingerprint density at radius 3 is 2.52 bits per heavy atom. The quantitative estimate of drug-likeness (QED) is 0.580. The van der Waals surface area contributed by atoms with Crippen molar-refractivity contribution in [3.8, 4) is 11.5 Å². The SMILES string of the molecule is CN(C)c1ccc(/C=C2\Oc3c(ccc4c3CN(Cc3ccccc3)CO4)C2=O)cc1. The zero-order chi connectivity index (χ0) is 21.4. The van der Waals surface area contributed by atoms with E-state index in [0.717, 1.165) is 29.1 Å². The van der Waals surface area contributed by atoms with E-state index in [1.807, 2.05) is 67.5 Å². The van der Waals surface area contributed by atoms with E-state index in [9.17, 15) is 4.79 Å². The van der Waals surface area contributed by atoms with Crippen LogP contribution in [0.1, 0.15) is 27.0 Å². The van der Waals surface area contributed by atoms with Crippen LogP contribution in [0.2, 0.25) is 0 Å². The van der Waals surface area contributed by atoms with E-state index in [2.05, 4.69) is 17.0 Å². The van der Waals surface area contributed by atoms with Crippen molar-refractivity contribution in [3.05, 3.63) is 94.7 Å². The number of benzene rings is 3. The number of ether oxygens (including phenoxy) is 2. The van der Waals surface area contributed by atoms with Crippen LogP contribution in [-0.2, 0) is 13.1 Å². The first-order valence-corrected chi connectivity index (χ1v) is 10.3. The Morgan fingerprint density at radius 1 is 1.00 bits per heavy atom. The summed E-state index contributed by atoms with van der Waals surface area (Å²) in [6.45, 7) is 1.96. The van der Waals surface area contributed by atoms with Gasteiger partial charge in [0.2, 0.25) is 5.78 Å². The average molecular weight is 412 g/mol. The van der Waals surface area contributed by atoms with Crippen LogP contribution < -0.4 is 14.4 Å². The average Bonchev–Trinajstić information content (AvgIpc) is 3.10. The van der Waals surface area contributed by atoms with Gasteiger partial charge in [0.25, 0.3) is 0 Å². The minimum atomic E-state index is -0.0883. The van der Waals surface area contributed by atoms with Gasteiger partial charge in [-0.3, -0.25) is 9.69 Å². The van der Waals surface area contributed by atoms with Gasteiger partial charge in [-0.1, -0.05) is 42.5 Å². The summed E-state index contributed by atoms with van der Waals surface area (Å²) in [7, 11) is 4.00. The van der Waals surface area contributed by atoms with Crippen molar-refractivity contribution < 1.29 is 14.3 Å². The summed E-state index contributed by atoms with van der Waals surface area (Å²) in [5.74, 6) is 1.67. The number of ketones is 1. The topological polar surface area (TPSA) is 42.0 Å². The van der Waals surface area contributed by atoms with E-state index in [1.54, 1.807) is 12.1 Å². The molecule has 0 N–H and O–H groups in total. The maximum Gasteiger partial charge on any atom is 0.231 e. The van der Waals surface area contributed by atoms with E-state index in [0.29, 0.717) is 30.3 Å². The second kappa shape index (κ2) is 7.93. The van der Waals surface area contributed by atoms with Gasteiger partial charge >= 0.3 is 0 Å². The molecule has 2 heterocycles. The standard InChI is InChI=1S/C26H24N2O3/c1-27(2)20-10-8-18(9-11-20)14-24-25(29)21-12-13-23-22(26(21)31-24)16-28(17-30-23)15-19-6-4-3-5-7-19/h3-14H,15-17H2,1-2H3/b24-14-. The van der Waals surface area contributed by atoms with Crippen molar-refractivity contribution in [2.24, 2.45) is 0 Å². The molecule has 3 aromatic carbocycles. The molecule has 5 heteroatoms. The highest BCUT2D eigenvalue weighted by Gasteiger charge is 2.33. The lowest BCUT2D eigenvalue weighted by Crippen LogP contribution is -2.31. The lowest BCUT2D eigenvalue weighted by atomic mass is 10.0. The van der Waals surface area contributed by atoms with Gasteiger partial charge in [-0.15, -0.1) is 0 Å². The molecule has 0 unspecified atom stereocenters. The number of hydrogen-bond donors (Lipinski definition) is 0. The molecule has 5 nitrogen and oxygen atoms in total. The van der Waals surface area contributed by atoms with Crippen LogP contribution in [-0.4, -0.2) is 31.5 Å². The third-order valence-electron chi connectivity index (χ3n) is 5.64. The molecule has 0 radical (unpaired) electrons. The van der Waals surface area contributed by atoms with Crippen molar-refractivity contribution in [1.82, 2.24) is 4.90 Å². The summed E-state index contributed by atoms with van der Waals surface area (Å²) in [5.41, 5.74) is 4.78. The van der Waals surface area contributed by atoms with Crippen LogP contribution in [0, 0.1) is 0 Å². The van der Waals surface area contributed by atoms with Crippen molar-refractivity contribution in [1.29, 1.82) is 0 Å². The number of carbonyl (C=O) groups is 1. The fourth-order valence-electron chi connectivity index (χ4n) is 3.97. The number of fused-ring (bicyclic) bond motifs is 3.